The second kappa shape index (κ2) is 9.03. The summed E-state index contributed by atoms with van der Waals surface area (Å²) < 4.78 is 10.8. The molecule has 0 saturated carbocycles. The van der Waals surface area contributed by atoms with Crippen LogP contribution in [0, 0.1) is 6.92 Å². The van der Waals surface area contributed by atoms with Crippen molar-refractivity contribution in [3.05, 3.63) is 75.4 Å². The van der Waals surface area contributed by atoms with Crippen molar-refractivity contribution in [3.8, 4) is 0 Å². The molecule has 2 aromatic rings. The lowest BCUT2D eigenvalue weighted by Crippen LogP contribution is -2.28. The summed E-state index contributed by atoms with van der Waals surface area (Å²) in [5, 5.41) is 2.43. The second-order valence-electron chi connectivity index (χ2n) is 5.24. The first-order valence-corrected chi connectivity index (χ1v) is 8.33. The fourth-order valence-corrected chi connectivity index (χ4v) is 2.30. The number of amides is 1. The van der Waals surface area contributed by atoms with Gasteiger partial charge in [-0.25, -0.2) is 9.59 Å². The molecule has 0 radical (unpaired) electrons. The predicted molar refractivity (Wildman–Crippen MR) is 98.6 cm³/mol. The van der Waals surface area contributed by atoms with Gasteiger partial charge in [-0.15, -0.1) is 0 Å². The highest BCUT2D eigenvalue weighted by molar-refractivity contribution is 9.10. The maximum Gasteiger partial charge on any atom is 0.412 e. The maximum atomic E-state index is 12.0. The Bertz CT molecular complexity index is 787. The Morgan fingerprint density at radius 3 is 2.52 bits per heavy atom. The van der Waals surface area contributed by atoms with E-state index in [-0.39, 0.29) is 12.3 Å². The molecule has 1 amide bonds. The van der Waals surface area contributed by atoms with Crippen LogP contribution in [0.5, 0.6) is 0 Å². The molecule has 0 heterocycles. The average molecular weight is 404 g/mol. The first kappa shape index (κ1) is 18.7. The van der Waals surface area contributed by atoms with Crippen molar-refractivity contribution in [2.45, 2.75) is 13.5 Å². The molecule has 6 heteroatoms. The van der Waals surface area contributed by atoms with Gasteiger partial charge in [-0.3, -0.25) is 5.32 Å². The van der Waals surface area contributed by atoms with E-state index in [1.165, 1.54) is 13.2 Å². The van der Waals surface area contributed by atoms with E-state index in [1.807, 2.05) is 55.5 Å². The first-order valence-electron chi connectivity index (χ1n) is 7.53. The SMILES string of the molecule is COC(=O)/C(=C/c1ccc(Br)c(C)c1)NC(=O)OCc1ccccc1. The number of hydrogen-bond acceptors (Lipinski definition) is 4. The summed E-state index contributed by atoms with van der Waals surface area (Å²) in [4.78, 5) is 23.9. The average Bonchev–Trinajstić information content (AvgIpc) is 2.62. The molecule has 0 aliphatic rings. The zero-order valence-electron chi connectivity index (χ0n) is 13.9. The summed E-state index contributed by atoms with van der Waals surface area (Å²) in [6.45, 7) is 2.04. The minimum atomic E-state index is -0.727. The van der Waals surface area contributed by atoms with Crippen LogP contribution in [0.3, 0.4) is 0 Å². The van der Waals surface area contributed by atoms with Crippen molar-refractivity contribution in [2.75, 3.05) is 7.11 Å². The van der Waals surface area contributed by atoms with Crippen LogP contribution in [-0.2, 0) is 20.9 Å². The van der Waals surface area contributed by atoms with Gasteiger partial charge >= 0.3 is 12.1 Å². The van der Waals surface area contributed by atoms with Gasteiger partial charge in [-0.1, -0.05) is 58.4 Å². The summed E-state index contributed by atoms with van der Waals surface area (Å²) >= 11 is 3.42. The molecule has 130 valence electrons. The monoisotopic (exact) mass is 403 g/mol. The fourth-order valence-electron chi connectivity index (χ4n) is 2.05. The number of aryl methyl sites for hydroxylation is 1. The minimum absolute atomic E-state index is 0.00211. The molecule has 5 nitrogen and oxygen atoms in total. The van der Waals surface area contributed by atoms with Gasteiger partial charge in [-0.2, -0.15) is 0 Å². The van der Waals surface area contributed by atoms with Crippen LogP contribution in [0.25, 0.3) is 6.08 Å². The van der Waals surface area contributed by atoms with Crippen LogP contribution in [0.15, 0.2) is 58.7 Å². The van der Waals surface area contributed by atoms with E-state index < -0.39 is 12.1 Å². The molecule has 25 heavy (non-hydrogen) atoms. The summed E-state index contributed by atoms with van der Waals surface area (Å²) in [6.07, 6.45) is 0.809. The lowest BCUT2D eigenvalue weighted by Gasteiger charge is -2.10. The standard InChI is InChI=1S/C19H18BrNO4/c1-13-10-15(8-9-16(13)20)11-17(18(22)24-2)21-19(23)25-12-14-6-4-3-5-7-14/h3-11H,12H2,1-2H3,(H,21,23)/b17-11-. The van der Waals surface area contributed by atoms with E-state index in [1.54, 1.807) is 0 Å². The lowest BCUT2D eigenvalue weighted by molar-refractivity contribution is -0.136. The van der Waals surface area contributed by atoms with Crippen molar-refractivity contribution in [2.24, 2.45) is 0 Å². The quantitative estimate of drug-likeness (QED) is 0.600. The predicted octanol–water partition coefficient (Wildman–Crippen LogP) is 4.20. The van der Waals surface area contributed by atoms with Crippen molar-refractivity contribution in [3.63, 3.8) is 0 Å². The van der Waals surface area contributed by atoms with Crippen molar-refractivity contribution < 1.29 is 19.1 Å². The van der Waals surface area contributed by atoms with E-state index in [2.05, 4.69) is 21.2 Å². The van der Waals surface area contributed by atoms with Crippen LogP contribution in [0.2, 0.25) is 0 Å². The number of methoxy groups -OCH3 is 1. The molecule has 0 atom stereocenters. The highest BCUT2D eigenvalue weighted by Crippen LogP contribution is 2.18. The molecular formula is C19H18BrNO4. The third-order valence-corrected chi connectivity index (χ3v) is 4.24. The third kappa shape index (κ3) is 5.76. The van der Waals surface area contributed by atoms with Gasteiger partial charge < -0.3 is 9.47 Å². The van der Waals surface area contributed by atoms with Crippen LogP contribution >= 0.6 is 15.9 Å². The Morgan fingerprint density at radius 2 is 1.88 bits per heavy atom. The van der Waals surface area contributed by atoms with Gasteiger partial charge in [0.15, 0.2) is 0 Å². The highest BCUT2D eigenvalue weighted by atomic mass is 79.9. The number of ether oxygens (including phenoxy) is 2. The molecule has 0 aromatic heterocycles. The number of hydrogen-bond donors (Lipinski definition) is 1. The van der Waals surface area contributed by atoms with Gasteiger partial charge in [0.25, 0.3) is 0 Å². The number of benzene rings is 2. The Labute approximate surface area is 154 Å². The molecule has 0 aliphatic carbocycles. The van der Waals surface area contributed by atoms with E-state index in [0.717, 1.165) is 21.2 Å². The minimum Gasteiger partial charge on any atom is -0.464 e. The zero-order chi connectivity index (χ0) is 18.2. The zero-order valence-corrected chi connectivity index (χ0v) is 15.5. The topological polar surface area (TPSA) is 64.6 Å². The van der Waals surface area contributed by atoms with E-state index in [4.69, 9.17) is 9.47 Å². The number of carbonyl (C=O) groups is 2. The first-order chi connectivity index (χ1) is 12.0. The van der Waals surface area contributed by atoms with E-state index in [0.29, 0.717) is 0 Å². The normalized spacial score (nSPS) is 10.9. The van der Waals surface area contributed by atoms with Crippen LogP contribution in [-0.4, -0.2) is 19.2 Å². The van der Waals surface area contributed by atoms with Crippen molar-refractivity contribution in [1.82, 2.24) is 5.32 Å². The molecule has 2 rings (SSSR count). The number of carbonyl (C=O) groups excluding carboxylic acids is 2. The van der Waals surface area contributed by atoms with Gasteiger partial charge in [0, 0.05) is 4.47 Å². The second-order valence-corrected chi connectivity index (χ2v) is 6.10. The molecule has 0 bridgehead atoms. The van der Waals surface area contributed by atoms with E-state index >= 15 is 0 Å². The third-order valence-electron chi connectivity index (χ3n) is 3.35. The van der Waals surface area contributed by atoms with Crippen LogP contribution < -0.4 is 5.32 Å². The number of nitrogens with one attached hydrogen (secondary N) is 1. The fraction of sp³-hybridized carbons (Fsp3) is 0.158. The highest BCUT2D eigenvalue weighted by Gasteiger charge is 2.14. The molecule has 2 aromatic carbocycles. The van der Waals surface area contributed by atoms with Crippen LogP contribution in [0.4, 0.5) is 4.79 Å². The molecule has 0 saturated heterocycles. The molecular weight excluding hydrogens is 386 g/mol. The Kier molecular flexibility index (Phi) is 6.77. The molecule has 0 fully saturated rings. The smallest absolute Gasteiger partial charge is 0.412 e. The molecule has 1 N–H and O–H groups in total. The summed E-state index contributed by atoms with van der Waals surface area (Å²) in [5.41, 5.74) is 2.61. The summed E-state index contributed by atoms with van der Waals surface area (Å²) in [7, 11) is 1.25. The van der Waals surface area contributed by atoms with Gasteiger partial charge in [0.05, 0.1) is 7.11 Å². The number of rotatable bonds is 5. The lowest BCUT2D eigenvalue weighted by atomic mass is 10.1. The molecule has 0 spiro atoms. The number of halogens is 1. The number of esters is 1. The Balaban J connectivity index is 2.09. The van der Waals surface area contributed by atoms with Gasteiger partial charge in [0.2, 0.25) is 0 Å². The number of alkyl carbamates (subject to hydrolysis) is 1. The van der Waals surface area contributed by atoms with Crippen LogP contribution in [0.1, 0.15) is 16.7 Å². The van der Waals surface area contributed by atoms with Crippen molar-refractivity contribution >= 4 is 34.1 Å². The molecule has 0 unspecified atom stereocenters. The largest absolute Gasteiger partial charge is 0.464 e. The Hall–Kier alpha value is -2.60. The van der Waals surface area contributed by atoms with E-state index in [9.17, 15) is 9.59 Å². The van der Waals surface area contributed by atoms with Crippen molar-refractivity contribution in [1.29, 1.82) is 0 Å². The van der Waals surface area contributed by atoms with Gasteiger partial charge in [-0.05, 0) is 35.8 Å². The summed E-state index contributed by atoms with van der Waals surface area (Å²) in [5.74, 6) is -0.655. The van der Waals surface area contributed by atoms with Gasteiger partial charge in [0.1, 0.15) is 12.3 Å². The molecule has 0 aliphatic heterocycles. The summed E-state index contributed by atoms with van der Waals surface area (Å²) in [6, 6.07) is 14.8. The maximum absolute atomic E-state index is 12.0. The Morgan fingerprint density at radius 1 is 1.16 bits per heavy atom.